The average Bonchev–Trinajstić information content (AvgIpc) is 4.00. The van der Waals surface area contributed by atoms with Gasteiger partial charge in [-0.1, -0.05) is 129 Å². The van der Waals surface area contributed by atoms with Crippen LogP contribution in [0.3, 0.4) is 0 Å². The maximum atomic E-state index is 12.3. The Hall–Kier alpha value is -1.86. The molecule has 0 aromatic heterocycles. The van der Waals surface area contributed by atoms with Gasteiger partial charge in [0.05, 0.1) is 0 Å². The molecule has 1 atom stereocenters. The lowest BCUT2D eigenvalue weighted by atomic mass is 9.96. The number of carbonyl (C=O) groups excluding carboxylic acids is 2. The van der Waals surface area contributed by atoms with Gasteiger partial charge in [-0.05, 0) is 71.1 Å². The van der Waals surface area contributed by atoms with Crippen LogP contribution in [0.5, 0.6) is 0 Å². The zero-order valence-corrected chi connectivity index (χ0v) is 30.9. The molecule has 272 valence electrons. The number of rotatable bonds is 35. The minimum absolute atomic E-state index is 0.00584. The lowest BCUT2D eigenvalue weighted by Crippen LogP contribution is -2.22. The van der Waals surface area contributed by atoms with Crippen LogP contribution in [0.2, 0.25) is 0 Å². The van der Waals surface area contributed by atoms with Crippen LogP contribution in [0.15, 0.2) is 20.5 Å². The molecule has 0 aliphatic carbocycles. The summed E-state index contributed by atoms with van der Waals surface area (Å²) in [6, 6.07) is 0. The monoisotopic (exact) mass is 661 g/mol. The third-order valence-electron chi connectivity index (χ3n) is 9.85. The summed E-state index contributed by atoms with van der Waals surface area (Å²) in [6.45, 7) is 6.42. The minimum Gasteiger partial charge on any atom is -0.462 e. The number of esters is 2. The van der Waals surface area contributed by atoms with Crippen LogP contribution in [0, 0.1) is 0 Å². The molecule has 8 heteroatoms. The number of hydrogen-bond donors (Lipinski definition) is 0. The summed E-state index contributed by atoms with van der Waals surface area (Å²) in [5, 5.41) is 17.3. The van der Waals surface area contributed by atoms with Crippen molar-refractivity contribution in [3.63, 3.8) is 0 Å². The van der Waals surface area contributed by atoms with Gasteiger partial charge >= 0.3 is 11.9 Å². The van der Waals surface area contributed by atoms with E-state index in [-0.39, 0.29) is 29.9 Å². The van der Waals surface area contributed by atoms with Crippen LogP contribution in [-0.2, 0) is 19.1 Å². The first-order valence-corrected chi connectivity index (χ1v) is 20.2. The summed E-state index contributed by atoms with van der Waals surface area (Å²) in [5.41, 5.74) is -0.192. The summed E-state index contributed by atoms with van der Waals surface area (Å²) in [4.78, 5) is 24.4. The molecule has 0 fully saturated rings. The number of ether oxygens (including phenoxy) is 2. The van der Waals surface area contributed by atoms with Gasteiger partial charge in [-0.15, -0.1) is 0 Å². The van der Waals surface area contributed by atoms with Crippen molar-refractivity contribution >= 4 is 11.9 Å². The maximum Gasteiger partial charge on any atom is 0.306 e. The summed E-state index contributed by atoms with van der Waals surface area (Å²) in [7, 11) is 0. The maximum absolute atomic E-state index is 12.3. The van der Waals surface area contributed by atoms with Crippen LogP contribution in [-0.4, -0.2) is 36.0 Å². The van der Waals surface area contributed by atoms with Crippen LogP contribution in [0.25, 0.3) is 0 Å². The number of carbonyl (C=O) groups is 2. The van der Waals surface area contributed by atoms with Crippen molar-refractivity contribution in [1.29, 1.82) is 0 Å². The normalized spacial score (nSPS) is 15.9. The quantitative estimate of drug-likeness (QED) is 0.0498. The van der Waals surface area contributed by atoms with Gasteiger partial charge in [0, 0.05) is 12.8 Å². The van der Waals surface area contributed by atoms with Gasteiger partial charge in [-0.2, -0.15) is 20.5 Å². The van der Waals surface area contributed by atoms with E-state index in [2.05, 4.69) is 34.3 Å². The molecule has 0 spiro atoms. The minimum atomic E-state index is -0.415. The molecule has 47 heavy (non-hydrogen) atoms. The Morgan fingerprint density at radius 3 is 1.26 bits per heavy atom. The van der Waals surface area contributed by atoms with E-state index in [0.29, 0.717) is 12.8 Å². The highest BCUT2D eigenvalue weighted by Crippen LogP contribution is 2.40. The topological polar surface area (TPSA) is 102 Å². The van der Waals surface area contributed by atoms with Crippen molar-refractivity contribution in [2.24, 2.45) is 20.5 Å². The zero-order valence-electron chi connectivity index (χ0n) is 30.9. The molecule has 0 aromatic carbocycles. The molecule has 0 saturated carbocycles. The van der Waals surface area contributed by atoms with E-state index < -0.39 is 6.10 Å². The number of nitrogens with zero attached hydrogens (tertiary/aromatic N) is 4. The van der Waals surface area contributed by atoms with Gasteiger partial charge < -0.3 is 9.47 Å². The summed E-state index contributed by atoms with van der Waals surface area (Å²) >= 11 is 0. The lowest BCUT2D eigenvalue weighted by Gasteiger charge is -2.14. The van der Waals surface area contributed by atoms with Gasteiger partial charge in [-0.3, -0.25) is 9.59 Å². The lowest BCUT2D eigenvalue weighted by molar-refractivity contribution is -0.158. The van der Waals surface area contributed by atoms with Gasteiger partial charge in [0.2, 0.25) is 0 Å². The Morgan fingerprint density at radius 1 is 0.468 bits per heavy atom. The Kier molecular flexibility index (Phi) is 22.9. The third-order valence-corrected chi connectivity index (χ3v) is 9.85. The molecule has 1 unspecified atom stereocenters. The van der Waals surface area contributed by atoms with E-state index in [0.717, 1.165) is 57.8 Å². The van der Waals surface area contributed by atoms with Crippen molar-refractivity contribution in [3.8, 4) is 0 Å². The fourth-order valence-corrected chi connectivity index (χ4v) is 6.52. The van der Waals surface area contributed by atoms with E-state index in [1.165, 1.54) is 122 Å². The van der Waals surface area contributed by atoms with E-state index in [9.17, 15) is 9.59 Å². The smallest absolute Gasteiger partial charge is 0.306 e. The first-order chi connectivity index (χ1) is 22.9. The average molecular weight is 661 g/mol. The molecular weight excluding hydrogens is 588 g/mol. The summed E-state index contributed by atoms with van der Waals surface area (Å²) in [5.74, 6) is -0.413. The second-order valence-electron chi connectivity index (χ2n) is 14.6. The van der Waals surface area contributed by atoms with Crippen LogP contribution in [0.4, 0.5) is 0 Å². The molecule has 2 heterocycles. The number of hydrogen-bond acceptors (Lipinski definition) is 8. The number of unbranched alkanes of at least 4 members (excludes halogenated alkanes) is 20. The molecule has 0 radical (unpaired) electrons. The van der Waals surface area contributed by atoms with E-state index in [1.54, 1.807) is 6.92 Å². The van der Waals surface area contributed by atoms with Crippen LogP contribution < -0.4 is 0 Å². The molecule has 8 nitrogen and oxygen atoms in total. The SMILES string of the molecule is CCCCCCCCCCCCCCCCCC(=O)OCC(C)OC(=O)CCCCC1(CCCCCCCC2(CCCC)N=N2)N=N1. The highest BCUT2D eigenvalue weighted by molar-refractivity contribution is 5.70. The Morgan fingerprint density at radius 2 is 0.809 bits per heavy atom. The van der Waals surface area contributed by atoms with Gasteiger partial charge in [0.1, 0.15) is 12.7 Å². The molecule has 2 rings (SSSR count). The molecule has 0 bridgehead atoms. The van der Waals surface area contributed by atoms with E-state index >= 15 is 0 Å². The highest BCUT2D eigenvalue weighted by atomic mass is 16.6. The third kappa shape index (κ3) is 22.4. The molecule has 0 N–H and O–H groups in total. The molecule has 0 saturated heterocycles. The second-order valence-corrected chi connectivity index (χ2v) is 14.6. The predicted molar refractivity (Wildman–Crippen MR) is 192 cm³/mol. The largest absolute Gasteiger partial charge is 0.462 e. The fraction of sp³-hybridized carbons (Fsp3) is 0.949. The zero-order chi connectivity index (χ0) is 33.9. The fourth-order valence-electron chi connectivity index (χ4n) is 6.52. The van der Waals surface area contributed by atoms with E-state index in [1.807, 2.05) is 0 Å². The summed E-state index contributed by atoms with van der Waals surface area (Å²) in [6.07, 6.45) is 34.4. The van der Waals surface area contributed by atoms with Crippen molar-refractivity contribution in [3.05, 3.63) is 0 Å². The van der Waals surface area contributed by atoms with Gasteiger partial charge in [0.25, 0.3) is 0 Å². The van der Waals surface area contributed by atoms with Crippen molar-refractivity contribution in [2.45, 2.75) is 231 Å². The van der Waals surface area contributed by atoms with Crippen LogP contribution in [0.1, 0.15) is 213 Å². The highest BCUT2D eigenvalue weighted by Gasteiger charge is 2.39. The molecule has 0 amide bonds. The van der Waals surface area contributed by atoms with E-state index in [4.69, 9.17) is 9.47 Å². The molecule has 2 aliphatic rings. The standard InChI is InChI=1S/C39H72N4O4/c1-4-6-8-9-10-11-12-13-14-15-16-17-18-20-23-28-36(44)46-34-35(3)47-37(45)29-24-27-33-39(42-43-39)32-26-22-19-21-25-31-38(40-41-38)30-7-5-2/h35H,4-34H2,1-3H3. The Balaban J connectivity index is 1.32. The van der Waals surface area contributed by atoms with Crippen molar-refractivity contribution < 1.29 is 19.1 Å². The second kappa shape index (κ2) is 26.1. The first kappa shape index (κ1) is 41.3. The summed E-state index contributed by atoms with van der Waals surface area (Å²) < 4.78 is 10.8. The van der Waals surface area contributed by atoms with Gasteiger partial charge in [0.15, 0.2) is 11.3 Å². The molecular formula is C39H72N4O4. The molecule has 0 aromatic rings. The van der Waals surface area contributed by atoms with Crippen molar-refractivity contribution in [1.82, 2.24) is 0 Å². The van der Waals surface area contributed by atoms with Crippen molar-refractivity contribution in [2.75, 3.05) is 6.61 Å². The first-order valence-electron chi connectivity index (χ1n) is 20.2. The Bertz CT molecular complexity index is 865. The predicted octanol–water partition coefficient (Wildman–Crippen LogP) is 12.5. The Labute approximate surface area is 288 Å². The molecule has 2 aliphatic heterocycles. The van der Waals surface area contributed by atoms with Crippen LogP contribution >= 0.6 is 0 Å². The van der Waals surface area contributed by atoms with Gasteiger partial charge in [-0.25, -0.2) is 0 Å².